The molecule has 0 aliphatic heterocycles. The van der Waals surface area contributed by atoms with Gasteiger partial charge in [-0.25, -0.2) is 4.98 Å². The number of methoxy groups -OCH3 is 1. The van der Waals surface area contributed by atoms with E-state index >= 15 is 0 Å². The van der Waals surface area contributed by atoms with Gasteiger partial charge in [0.15, 0.2) is 0 Å². The summed E-state index contributed by atoms with van der Waals surface area (Å²) in [6, 6.07) is 5.91. The van der Waals surface area contributed by atoms with Crippen LogP contribution in [0.1, 0.15) is 44.2 Å². The predicted molar refractivity (Wildman–Crippen MR) is 66.2 cm³/mol. The Balaban J connectivity index is 2.02. The van der Waals surface area contributed by atoms with Gasteiger partial charge in [0.05, 0.1) is 7.11 Å². The van der Waals surface area contributed by atoms with E-state index in [1.165, 1.54) is 0 Å². The van der Waals surface area contributed by atoms with Crippen molar-refractivity contribution in [2.45, 2.75) is 38.5 Å². The molecule has 1 aromatic heterocycles. The normalized spacial score (nSPS) is 24.4. The van der Waals surface area contributed by atoms with E-state index in [4.69, 9.17) is 4.74 Å². The van der Waals surface area contributed by atoms with Crippen LogP contribution in [0.5, 0.6) is 5.88 Å². The Hall–Kier alpha value is -1.38. The molecule has 0 bridgehead atoms. The van der Waals surface area contributed by atoms with Gasteiger partial charge in [0.25, 0.3) is 0 Å². The van der Waals surface area contributed by atoms with Crippen molar-refractivity contribution in [3.63, 3.8) is 0 Å². The summed E-state index contributed by atoms with van der Waals surface area (Å²) in [5, 5.41) is 0. The number of carbonyl (C=O) groups excluding carboxylic acids is 1. The molecule has 2 rings (SSSR count). The summed E-state index contributed by atoms with van der Waals surface area (Å²) in [6.07, 6.45) is 4.12. The lowest BCUT2D eigenvalue weighted by atomic mass is 9.79. The monoisotopic (exact) mass is 233 g/mol. The highest BCUT2D eigenvalue weighted by Crippen LogP contribution is 2.35. The standard InChI is InChI=1S/C14H19NO2/c1-10(16)11-6-8-12(9-7-11)13-4-3-5-14(15-13)17-2/h3-5,11-12H,6-9H2,1-2H3. The summed E-state index contributed by atoms with van der Waals surface area (Å²) in [7, 11) is 1.64. The Labute approximate surface area is 102 Å². The van der Waals surface area contributed by atoms with Crippen molar-refractivity contribution in [1.82, 2.24) is 4.98 Å². The lowest BCUT2D eigenvalue weighted by molar-refractivity contribution is -0.121. The Morgan fingerprint density at radius 2 is 2.00 bits per heavy atom. The summed E-state index contributed by atoms with van der Waals surface area (Å²) in [5.74, 6) is 1.77. The fourth-order valence-electron chi connectivity index (χ4n) is 2.57. The molecule has 0 radical (unpaired) electrons. The van der Waals surface area contributed by atoms with Crippen molar-refractivity contribution in [3.05, 3.63) is 23.9 Å². The Bertz CT molecular complexity index is 395. The zero-order valence-corrected chi connectivity index (χ0v) is 10.5. The van der Waals surface area contributed by atoms with Crippen molar-refractivity contribution in [3.8, 4) is 5.88 Å². The topological polar surface area (TPSA) is 39.2 Å². The molecule has 92 valence electrons. The van der Waals surface area contributed by atoms with Gasteiger partial charge in [-0.05, 0) is 38.7 Å². The second kappa shape index (κ2) is 5.30. The van der Waals surface area contributed by atoms with Crippen molar-refractivity contribution in [1.29, 1.82) is 0 Å². The molecular formula is C14H19NO2. The second-order valence-electron chi connectivity index (χ2n) is 4.76. The zero-order valence-electron chi connectivity index (χ0n) is 10.5. The summed E-state index contributed by atoms with van der Waals surface area (Å²) >= 11 is 0. The van der Waals surface area contributed by atoms with Gasteiger partial charge in [0.2, 0.25) is 5.88 Å². The zero-order chi connectivity index (χ0) is 12.3. The molecule has 1 aliphatic carbocycles. The minimum atomic E-state index is 0.275. The number of carbonyl (C=O) groups is 1. The fraction of sp³-hybridized carbons (Fsp3) is 0.571. The fourth-order valence-corrected chi connectivity index (χ4v) is 2.57. The highest BCUT2D eigenvalue weighted by atomic mass is 16.5. The number of pyridine rings is 1. The van der Waals surface area contributed by atoms with E-state index in [9.17, 15) is 4.79 Å². The summed E-state index contributed by atoms with van der Waals surface area (Å²) in [5.41, 5.74) is 1.10. The molecule has 1 aliphatic rings. The van der Waals surface area contributed by atoms with Gasteiger partial charge in [0.1, 0.15) is 5.78 Å². The molecule has 17 heavy (non-hydrogen) atoms. The molecule has 1 aromatic rings. The smallest absolute Gasteiger partial charge is 0.213 e. The van der Waals surface area contributed by atoms with Crippen molar-refractivity contribution >= 4 is 5.78 Å². The maximum atomic E-state index is 11.3. The molecule has 0 atom stereocenters. The molecule has 0 spiro atoms. The molecular weight excluding hydrogens is 214 g/mol. The first-order valence-corrected chi connectivity index (χ1v) is 6.22. The third-order valence-corrected chi connectivity index (χ3v) is 3.67. The number of Topliss-reactive ketones (excluding diaryl/α,β-unsaturated/α-hetero) is 1. The van der Waals surface area contributed by atoms with Gasteiger partial charge in [-0.1, -0.05) is 6.07 Å². The lowest BCUT2D eigenvalue weighted by Gasteiger charge is -2.26. The van der Waals surface area contributed by atoms with Crippen molar-refractivity contribution in [2.24, 2.45) is 5.92 Å². The number of aromatic nitrogens is 1. The third kappa shape index (κ3) is 2.84. The van der Waals surface area contributed by atoms with Crippen LogP contribution < -0.4 is 4.74 Å². The van der Waals surface area contributed by atoms with Crippen LogP contribution in [-0.4, -0.2) is 17.9 Å². The average molecular weight is 233 g/mol. The number of nitrogens with zero attached hydrogens (tertiary/aromatic N) is 1. The van der Waals surface area contributed by atoms with Gasteiger partial charge >= 0.3 is 0 Å². The van der Waals surface area contributed by atoms with Gasteiger partial charge in [0, 0.05) is 23.6 Å². The first-order chi connectivity index (χ1) is 8.20. The van der Waals surface area contributed by atoms with Crippen LogP contribution in [0.3, 0.4) is 0 Å². The van der Waals surface area contributed by atoms with E-state index in [-0.39, 0.29) is 5.92 Å². The first kappa shape index (κ1) is 12.1. The van der Waals surface area contributed by atoms with E-state index in [1.807, 2.05) is 12.1 Å². The molecule has 0 unspecified atom stereocenters. The van der Waals surface area contributed by atoms with Crippen LogP contribution in [0.25, 0.3) is 0 Å². The Kier molecular flexibility index (Phi) is 3.77. The molecule has 1 fully saturated rings. The van der Waals surface area contributed by atoms with Crippen LogP contribution >= 0.6 is 0 Å². The van der Waals surface area contributed by atoms with E-state index in [0.29, 0.717) is 17.6 Å². The highest BCUT2D eigenvalue weighted by Gasteiger charge is 2.25. The summed E-state index contributed by atoms with van der Waals surface area (Å²) < 4.78 is 5.14. The lowest BCUT2D eigenvalue weighted by Crippen LogP contribution is -2.19. The minimum absolute atomic E-state index is 0.275. The first-order valence-electron chi connectivity index (χ1n) is 6.22. The maximum Gasteiger partial charge on any atom is 0.213 e. The number of hydrogen-bond acceptors (Lipinski definition) is 3. The molecule has 0 saturated heterocycles. The Morgan fingerprint density at radius 1 is 1.29 bits per heavy atom. The SMILES string of the molecule is COc1cccc(C2CCC(C(C)=O)CC2)n1. The largest absolute Gasteiger partial charge is 0.481 e. The number of ketones is 1. The van der Waals surface area contributed by atoms with Crippen molar-refractivity contribution in [2.75, 3.05) is 7.11 Å². The number of rotatable bonds is 3. The van der Waals surface area contributed by atoms with E-state index in [1.54, 1.807) is 14.0 Å². The molecule has 3 heteroatoms. The van der Waals surface area contributed by atoms with Gasteiger partial charge in [-0.15, -0.1) is 0 Å². The molecule has 0 N–H and O–H groups in total. The predicted octanol–water partition coefficient (Wildman–Crippen LogP) is 2.95. The Morgan fingerprint density at radius 3 is 2.59 bits per heavy atom. The summed E-state index contributed by atoms with van der Waals surface area (Å²) in [4.78, 5) is 15.8. The van der Waals surface area contributed by atoms with Crippen molar-refractivity contribution < 1.29 is 9.53 Å². The summed E-state index contributed by atoms with van der Waals surface area (Å²) in [6.45, 7) is 1.70. The molecule has 3 nitrogen and oxygen atoms in total. The molecule has 1 heterocycles. The number of ether oxygens (including phenoxy) is 1. The van der Waals surface area contributed by atoms with Crippen LogP contribution in [0, 0.1) is 5.92 Å². The van der Waals surface area contributed by atoms with E-state index in [0.717, 1.165) is 31.4 Å². The van der Waals surface area contributed by atoms with E-state index in [2.05, 4.69) is 11.1 Å². The van der Waals surface area contributed by atoms with E-state index < -0.39 is 0 Å². The van der Waals surface area contributed by atoms with Crippen LogP contribution in [0.4, 0.5) is 0 Å². The number of hydrogen-bond donors (Lipinski definition) is 0. The molecule has 0 amide bonds. The van der Waals surface area contributed by atoms with Gasteiger partial charge < -0.3 is 4.74 Å². The molecule has 1 saturated carbocycles. The second-order valence-corrected chi connectivity index (χ2v) is 4.76. The maximum absolute atomic E-state index is 11.3. The van der Waals surface area contributed by atoms with Gasteiger partial charge in [-0.2, -0.15) is 0 Å². The quantitative estimate of drug-likeness (QED) is 0.805. The average Bonchev–Trinajstić information content (AvgIpc) is 2.39. The van der Waals surface area contributed by atoms with Crippen LogP contribution in [-0.2, 0) is 4.79 Å². The molecule has 0 aromatic carbocycles. The highest BCUT2D eigenvalue weighted by molar-refractivity contribution is 5.78. The minimum Gasteiger partial charge on any atom is -0.481 e. The third-order valence-electron chi connectivity index (χ3n) is 3.67. The van der Waals surface area contributed by atoms with Crippen LogP contribution in [0.2, 0.25) is 0 Å². The van der Waals surface area contributed by atoms with Crippen LogP contribution in [0.15, 0.2) is 18.2 Å². The van der Waals surface area contributed by atoms with Gasteiger partial charge in [-0.3, -0.25) is 4.79 Å².